The minimum Gasteiger partial charge on any atom is -0.370 e. The number of hydrogen-bond donors (Lipinski definition) is 3. The fourth-order valence-corrected chi connectivity index (χ4v) is 5.98. The molecule has 6 rings (SSSR count). The number of nitrogens with one attached hydrogen (secondary N) is 3. The summed E-state index contributed by atoms with van der Waals surface area (Å²) in [6, 6.07) is 9.74. The predicted octanol–water partition coefficient (Wildman–Crippen LogP) is 5.29. The molecule has 3 aromatic heterocycles. The summed E-state index contributed by atoms with van der Waals surface area (Å²) in [4.78, 5) is 34.2. The normalized spacial score (nSPS) is 18.2. The van der Waals surface area contributed by atoms with Gasteiger partial charge in [0.2, 0.25) is 0 Å². The van der Waals surface area contributed by atoms with E-state index in [1.165, 1.54) is 12.8 Å². The van der Waals surface area contributed by atoms with E-state index in [0.29, 0.717) is 11.7 Å². The van der Waals surface area contributed by atoms with Crippen molar-refractivity contribution < 1.29 is 6.22 Å². The molecule has 2 saturated heterocycles. The van der Waals surface area contributed by atoms with Crippen LogP contribution in [0.15, 0.2) is 48.2 Å². The lowest BCUT2D eigenvalue weighted by molar-refractivity contribution is 0.262. The molecule has 35 heavy (non-hydrogen) atoms. The molecule has 0 aliphatic carbocycles. The number of benzene rings is 1. The van der Waals surface area contributed by atoms with Crippen LogP contribution in [0.3, 0.4) is 0 Å². The van der Waals surface area contributed by atoms with Gasteiger partial charge in [0.15, 0.2) is 0 Å². The number of aromatic nitrogens is 4. The van der Waals surface area contributed by atoms with Crippen LogP contribution in [0.1, 0.15) is 38.0 Å². The summed E-state index contributed by atoms with van der Waals surface area (Å²) in [7, 11) is 0. The number of rotatable bonds is 5. The van der Waals surface area contributed by atoms with E-state index in [1.807, 2.05) is 35.8 Å². The molecule has 182 valence electrons. The van der Waals surface area contributed by atoms with Crippen molar-refractivity contribution in [2.24, 2.45) is 0 Å². The van der Waals surface area contributed by atoms with Gasteiger partial charge in [0.1, 0.15) is 23.6 Å². The number of para-hydroxylation sites is 2. The smallest absolute Gasteiger partial charge is 0.324 e. The van der Waals surface area contributed by atoms with Crippen molar-refractivity contribution >= 4 is 51.4 Å². The lowest BCUT2D eigenvalue weighted by Crippen LogP contribution is -2.35. The monoisotopic (exact) mass is 490 g/mol. The van der Waals surface area contributed by atoms with E-state index in [-0.39, 0.29) is 7.46 Å². The molecule has 4 aromatic rings. The third-order valence-electron chi connectivity index (χ3n) is 6.77. The third-order valence-corrected chi connectivity index (χ3v) is 7.77. The molecule has 2 aliphatic heterocycles. The molecule has 0 spiro atoms. The molecule has 0 bridgehead atoms. The number of fused-ring (bicyclic) bond motifs is 1. The highest BCUT2D eigenvalue weighted by atomic mass is 32.1. The van der Waals surface area contributed by atoms with Gasteiger partial charge in [-0.3, -0.25) is 5.32 Å². The second-order valence-corrected chi connectivity index (χ2v) is 9.97. The number of anilines is 4. The van der Waals surface area contributed by atoms with Crippen molar-refractivity contribution in [3.05, 3.63) is 53.2 Å². The van der Waals surface area contributed by atoms with Crippen molar-refractivity contribution in [1.82, 2.24) is 19.9 Å². The van der Waals surface area contributed by atoms with Gasteiger partial charge in [-0.05, 0) is 43.9 Å². The number of thiazole rings is 1. The molecule has 5 heterocycles. The van der Waals surface area contributed by atoms with Gasteiger partial charge in [0.05, 0.1) is 21.8 Å². The maximum Gasteiger partial charge on any atom is 0.324 e. The van der Waals surface area contributed by atoms with Gasteiger partial charge in [-0.15, -0.1) is 11.3 Å². The quantitative estimate of drug-likeness (QED) is 0.351. The molecule has 2 amide bonds. The zero-order valence-electron chi connectivity index (χ0n) is 19.4. The Balaban J connectivity index is 0.00000267. The molecule has 2 aliphatic rings. The Morgan fingerprint density at radius 1 is 1.06 bits per heavy atom. The lowest BCUT2D eigenvalue weighted by Gasteiger charge is -2.32. The van der Waals surface area contributed by atoms with Crippen LogP contribution in [0, 0.1) is 0 Å². The Morgan fingerprint density at radius 2 is 1.91 bits per heavy atom. The zero-order valence-corrected chi connectivity index (χ0v) is 20.2. The van der Waals surface area contributed by atoms with E-state index in [2.05, 4.69) is 41.5 Å². The van der Waals surface area contributed by atoms with Crippen molar-refractivity contribution in [1.29, 1.82) is 0 Å². The number of nitrogens with zero attached hydrogens (tertiary/aromatic N) is 5. The zero-order chi connectivity index (χ0) is 23.6. The highest BCUT2D eigenvalue weighted by molar-refractivity contribution is 7.10. The SMILES string of the molecule is O=C(Nc1csc(C2CCCN(c3ncnc4[nH]ccc34)C2)n1)Nc1ccccc1N1CCCC1.[HH]. The standard InChI is InChI=1S/C25H28N8OS.H2/c34-25(29-19-7-1-2-8-20(19)32-11-3-4-12-32)31-21-15-35-24(30-21)17-6-5-13-33(14-17)23-18-9-10-26-22(18)27-16-28-23;/h1-2,7-10,15-17H,3-6,11-14H2,(H,26,27,28)(H2,29,31,34);1H. The summed E-state index contributed by atoms with van der Waals surface area (Å²) >= 11 is 1.60. The number of hydrogen-bond acceptors (Lipinski definition) is 7. The fraction of sp³-hybridized carbons (Fsp3) is 0.360. The van der Waals surface area contributed by atoms with Crippen LogP contribution in [-0.2, 0) is 0 Å². The third kappa shape index (κ3) is 4.53. The summed E-state index contributed by atoms with van der Waals surface area (Å²) in [6.45, 7) is 3.86. The van der Waals surface area contributed by atoms with Crippen LogP contribution in [0.4, 0.5) is 27.8 Å². The largest absolute Gasteiger partial charge is 0.370 e. The van der Waals surface area contributed by atoms with E-state index in [1.54, 1.807) is 17.7 Å². The first kappa shape index (κ1) is 21.8. The van der Waals surface area contributed by atoms with E-state index >= 15 is 0 Å². The highest BCUT2D eigenvalue weighted by Gasteiger charge is 2.26. The summed E-state index contributed by atoms with van der Waals surface area (Å²) < 4.78 is 0. The molecule has 10 heteroatoms. The van der Waals surface area contributed by atoms with Crippen molar-refractivity contribution in [3.63, 3.8) is 0 Å². The van der Waals surface area contributed by atoms with Gasteiger partial charge >= 0.3 is 6.03 Å². The summed E-state index contributed by atoms with van der Waals surface area (Å²) in [5, 5.41) is 9.95. The van der Waals surface area contributed by atoms with Gasteiger partial charge in [-0.1, -0.05) is 12.1 Å². The van der Waals surface area contributed by atoms with Crippen molar-refractivity contribution in [3.8, 4) is 0 Å². The molecule has 1 aromatic carbocycles. The first-order valence-electron chi connectivity index (χ1n) is 12.1. The summed E-state index contributed by atoms with van der Waals surface area (Å²) in [5.74, 6) is 1.85. The van der Waals surface area contributed by atoms with Crippen molar-refractivity contribution in [2.45, 2.75) is 31.6 Å². The molecule has 0 saturated carbocycles. The van der Waals surface area contributed by atoms with Crippen molar-refractivity contribution in [2.75, 3.05) is 46.6 Å². The molecular formula is C25H30N8OS. The van der Waals surface area contributed by atoms with E-state index in [0.717, 1.165) is 72.3 Å². The molecule has 1 unspecified atom stereocenters. The minimum atomic E-state index is -0.269. The first-order valence-corrected chi connectivity index (χ1v) is 13.0. The number of carbonyl (C=O) groups is 1. The topological polar surface area (TPSA) is 102 Å². The molecular weight excluding hydrogens is 460 g/mol. The van der Waals surface area contributed by atoms with E-state index < -0.39 is 0 Å². The Hall–Kier alpha value is -3.66. The summed E-state index contributed by atoms with van der Waals surface area (Å²) in [6.07, 6.45) is 8.03. The number of carbonyl (C=O) groups excluding carboxylic acids is 1. The van der Waals surface area contributed by atoms with Crippen LogP contribution < -0.4 is 20.4 Å². The highest BCUT2D eigenvalue weighted by Crippen LogP contribution is 2.34. The average Bonchev–Trinajstić information content (AvgIpc) is 3.66. The van der Waals surface area contributed by atoms with E-state index in [9.17, 15) is 4.79 Å². The van der Waals surface area contributed by atoms with Crippen LogP contribution in [-0.4, -0.2) is 52.1 Å². The Morgan fingerprint density at radius 3 is 2.83 bits per heavy atom. The number of H-pyrrole nitrogens is 1. The lowest BCUT2D eigenvalue weighted by atomic mass is 9.98. The number of urea groups is 1. The first-order chi connectivity index (χ1) is 17.2. The van der Waals surface area contributed by atoms with Gasteiger partial charge < -0.3 is 20.1 Å². The number of piperidine rings is 1. The van der Waals surface area contributed by atoms with Crippen LogP contribution in [0.25, 0.3) is 11.0 Å². The van der Waals surface area contributed by atoms with Gasteiger partial charge in [0.25, 0.3) is 0 Å². The van der Waals surface area contributed by atoms with E-state index in [4.69, 9.17) is 4.98 Å². The molecule has 2 fully saturated rings. The van der Waals surface area contributed by atoms with Gasteiger partial charge in [-0.2, -0.15) is 0 Å². The maximum absolute atomic E-state index is 12.8. The Kier molecular flexibility index (Phi) is 5.95. The van der Waals surface area contributed by atoms with Crippen LogP contribution in [0.2, 0.25) is 0 Å². The van der Waals surface area contributed by atoms with Gasteiger partial charge in [-0.25, -0.2) is 19.7 Å². The molecule has 0 radical (unpaired) electrons. The fourth-order valence-electron chi connectivity index (χ4n) is 5.10. The van der Waals surface area contributed by atoms with Gasteiger partial charge in [0, 0.05) is 45.1 Å². The maximum atomic E-state index is 12.8. The molecule has 9 nitrogen and oxygen atoms in total. The molecule has 1 atom stereocenters. The van der Waals surface area contributed by atoms with Crippen LogP contribution >= 0.6 is 11.3 Å². The number of aromatic amines is 1. The second-order valence-electron chi connectivity index (χ2n) is 9.08. The summed E-state index contributed by atoms with van der Waals surface area (Å²) in [5.41, 5.74) is 2.75. The minimum absolute atomic E-state index is 0. The molecule has 3 N–H and O–H groups in total. The van der Waals surface area contributed by atoms with Crippen LogP contribution in [0.5, 0.6) is 0 Å². The average molecular weight is 491 g/mol. The Labute approximate surface area is 209 Å². The predicted molar refractivity (Wildman–Crippen MR) is 143 cm³/mol. The Bertz CT molecular complexity index is 1330. The number of amides is 2. The second kappa shape index (κ2) is 9.53.